The second-order valence-corrected chi connectivity index (χ2v) is 6.37. The summed E-state index contributed by atoms with van der Waals surface area (Å²) in [6, 6.07) is 8.28. The zero-order valence-electron chi connectivity index (χ0n) is 12.5. The molecule has 0 unspecified atom stereocenters. The largest absolute Gasteiger partial charge is 0.382 e. The molecule has 4 nitrogen and oxygen atoms in total. The molecule has 0 amide bonds. The van der Waals surface area contributed by atoms with Gasteiger partial charge in [0.1, 0.15) is 23.3 Å². The van der Waals surface area contributed by atoms with Crippen molar-refractivity contribution < 1.29 is 4.39 Å². The molecule has 1 heterocycles. The molecule has 0 fully saturated rings. The van der Waals surface area contributed by atoms with Gasteiger partial charge in [0.25, 0.3) is 0 Å². The van der Waals surface area contributed by atoms with E-state index in [1.807, 2.05) is 6.07 Å². The molecule has 0 saturated heterocycles. The van der Waals surface area contributed by atoms with Gasteiger partial charge in [0, 0.05) is 11.7 Å². The predicted octanol–water partition coefficient (Wildman–Crippen LogP) is 3.55. The summed E-state index contributed by atoms with van der Waals surface area (Å²) in [7, 11) is 0. The van der Waals surface area contributed by atoms with Crippen LogP contribution >= 0.6 is 11.8 Å². The Kier molecular flexibility index (Phi) is 5.34. The highest BCUT2D eigenvalue weighted by Crippen LogP contribution is 2.25. The summed E-state index contributed by atoms with van der Waals surface area (Å²) in [4.78, 5) is 8.63. The van der Waals surface area contributed by atoms with Gasteiger partial charge in [0.2, 0.25) is 0 Å². The fourth-order valence-corrected chi connectivity index (χ4v) is 2.75. The SMILES string of the molecule is CC[C@H](C)Sc1nc(N)c(C#N)c(Cc2cccc(F)c2)n1. The molecule has 0 radical (unpaired) electrons. The molecule has 0 bridgehead atoms. The Bertz CT molecular complexity index is 712. The van der Waals surface area contributed by atoms with Crippen LogP contribution in [0.2, 0.25) is 0 Å². The van der Waals surface area contributed by atoms with Crippen LogP contribution in [0.25, 0.3) is 0 Å². The lowest BCUT2D eigenvalue weighted by Gasteiger charge is -2.11. The van der Waals surface area contributed by atoms with E-state index in [0.717, 1.165) is 12.0 Å². The van der Waals surface area contributed by atoms with Crippen molar-refractivity contribution in [3.63, 3.8) is 0 Å². The van der Waals surface area contributed by atoms with Crippen LogP contribution in [-0.2, 0) is 6.42 Å². The first-order valence-electron chi connectivity index (χ1n) is 7.01. The Morgan fingerprint density at radius 2 is 2.18 bits per heavy atom. The average molecular weight is 316 g/mol. The van der Waals surface area contributed by atoms with Gasteiger partial charge in [0.15, 0.2) is 5.16 Å². The summed E-state index contributed by atoms with van der Waals surface area (Å²) in [6.07, 6.45) is 1.33. The number of thioether (sulfide) groups is 1. The Morgan fingerprint density at radius 1 is 1.41 bits per heavy atom. The van der Waals surface area contributed by atoms with E-state index < -0.39 is 0 Å². The Balaban J connectivity index is 2.37. The standard InChI is InChI=1S/C16H17FN4S/c1-3-10(2)22-16-20-14(13(9-18)15(19)21-16)8-11-5-4-6-12(17)7-11/h4-7,10H,3,8H2,1-2H3,(H2,19,20,21)/t10-/m0/s1. The molecule has 0 aliphatic heterocycles. The quantitative estimate of drug-likeness (QED) is 0.674. The first kappa shape index (κ1) is 16.2. The lowest BCUT2D eigenvalue weighted by Crippen LogP contribution is -2.07. The third kappa shape index (κ3) is 3.95. The van der Waals surface area contributed by atoms with E-state index in [1.54, 1.807) is 12.1 Å². The number of rotatable bonds is 5. The lowest BCUT2D eigenvalue weighted by molar-refractivity contribution is 0.626. The van der Waals surface area contributed by atoms with Gasteiger partial charge in [-0.25, -0.2) is 14.4 Å². The van der Waals surface area contributed by atoms with E-state index in [4.69, 9.17) is 5.73 Å². The monoisotopic (exact) mass is 316 g/mol. The molecule has 0 aliphatic rings. The molecule has 114 valence electrons. The van der Waals surface area contributed by atoms with Gasteiger partial charge in [-0.15, -0.1) is 0 Å². The van der Waals surface area contributed by atoms with Gasteiger partial charge >= 0.3 is 0 Å². The van der Waals surface area contributed by atoms with Crippen molar-refractivity contribution in [2.45, 2.75) is 37.1 Å². The van der Waals surface area contributed by atoms with E-state index in [0.29, 0.717) is 22.5 Å². The molecule has 0 spiro atoms. The minimum atomic E-state index is -0.313. The number of benzene rings is 1. The van der Waals surface area contributed by atoms with Crippen molar-refractivity contribution in [2.75, 3.05) is 5.73 Å². The normalized spacial score (nSPS) is 11.9. The third-order valence-corrected chi connectivity index (χ3v) is 4.37. The molecule has 0 saturated carbocycles. The van der Waals surface area contributed by atoms with E-state index >= 15 is 0 Å². The molecule has 6 heteroatoms. The summed E-state index contributed by atoms with van der Waals surface area (Å²) in [5, 5.41) is 10.2. The highest BCUT2D eigenvalue weighted by molar-refractivity contribution is 7.99. The van der Waals surface area contributed by atoms with Crippen molar-refractivity contribution in [1.82, 2.24) is 9.97 Å². The van der Waals surface area contributed by atoms with Gasteiger partial charge in [-0.3, -0.25) is 0 Å². The summed E-state index contributed by atoms with van der Waals surface area (Å²) >= 11 is 1.52. The first-order chi connectivity index (χ1) is 10.5. The van der Waals surface area contributed by atoms with Crippen LogP contribution in [0.3, 0.4) is 0 Å². The van der Waals surface area contributed by atoms with Crippen LogP contribution < -0.4 is 5.73 Å². The topological polar surface area (TPSA) is 75.6 Å². The zero-order chi connectivity index (χ0) is 16.1. The number of hydrogen-bond acceptors (Lipinski definition) is 5. The van der Waals surface area contributed by atoms with Crippen LogP contribution in [0, 0.1) is 17.1 Å². The number of nitriles is 1. The van der Waals surface area contributed by atoms with E-state index in [2.05, 4.69) is 23.8 Å². The Morgan fingerprint density at radius 3 is 2.82 bits per heavy atom. The smallest absolute Gasteiger partial charge is 0.190 e. The number of nitrogen functional groups attached to an aromatic ring is 1. The molecular weight excluding hydrogens is 299 g/mol. The van der Waals surface area contributed by atoms with Crippen molar-refractivity contribution in [1.29, 1.82) is 5.26 Å². The van der Waals surface area contributed by atoms with Crippen LogP contribution in [0.5, 0.6) is 0 Å². The maximum atomic E-state index is 13.3. The molecule has 0 aliphatic carbocycles. The fourth-order valence-electron chi connectivity index (χ4n) is 1.91. The molecule has 1 aromatic carbocycles. The lowest BCUT2D eigenvalue weighted by atomic mass is 10.1. The van der Waals surface area contributed by atoms with E-state index in [-0.39, 0.29) is 17.2 Å². The second kappa shape index (κ2) is 7.23. The molecule has 2 N–H and O–H groups in total. The molecule has 1 aromatic heterocycles. The Labute approximate surface area is 133 Å². The number of aromatic nitrogens is 2. The summed E-state index contributed by atoms with van der Waals surface area (Å²) in [5.74, 6) is -0.137. The summed E-state index contributed by atoms with van der Waals surface area (Å²) in [5.41, 5.74) is 7.41. The molecule has 22 heavy (non-hydrogen) atoms. The number of nitrogens with two attached hydrogens (primary N) is 1. The fraction of sp³-hybridized carbons (Fsp3) is 0.312. The van der Waals surface area contributed by atoms with Gasteiger partial charge < -0.3 is 5.73 Å². The average Bonchev–Trinajstić information content (AvgIpc) is 2.47. The van der Waals surface area contributed by atoms with E-state index in [9.17, 15) is 9.65 Å². The molecule has 2 aromatic rings. The van der Waals surface area contributed by atoms with Crippen LogP contribution in [0.4, 0.5) is 10.2 Å². The summed E-state index contributed by atoms with van der Waals surface area (Å²) in [6.45, 7) is 4.16. The molecule has 1 atom stereocenters. The van der Waals surface area contributed by atoms with Crippen molar-refractivity contribution in [3.05, 3.63) is 46.9 Å². The highest BCUT2D eigenvalue weighted by Gasteiger charge is 2.15. The van der Waals surface area contributed by atoms with Crippen LogP contribution in [-0.4, -0.2) is 15.2 Å². The number of hydrogen-bond donors (Lipinski definition) is 1. The van der Waals surface area contributed by atoms with Gasteiger partial charge in [-0.1, -0.05) is 37.7 Å². The minimum Gasteiger partial charge on any atom is -0.382 e. The van der Waals surface area contributed by atoms with E-state index in [1.165, 1.54) is 23.9 Å². The van der Waals surface area contributed by atoms with Crippen molar-refractivity contribution in [2.24, 2.45) is 0 Å². The van der Waals surface area contributed by atoms with Crippen molar-refractivity contribution >= 4 is 17.6 Å². The van der Waals surface area contributed by atoms with Crippen LogP contribution in [0.1, 0.15) is 37.1 Å². The number of nitrogens with zero attached hydrogens (tertiary/aromatic N) is 3. The summed E-state index contributed by atoms with van der Waals surface area (Å²) < 4.78 is 13.3. The second-order valence-electron chi connectivity index (χ2n) is 4.97. The first-order valence-corrected chi connectivity index (χ1v) is 7.89. The van der Waals surface area contributed by atoms with Gasteiger partial charge in [-0.05, 0) is 24.1 Å². The minimum absolute atomic E-state index is 0.176. The maximum absolute atomic E-state index is 13.3. The number of anilines is 1. The van der Waals surface area contributed by atoms with Gasteiger partial charge in [-0.2, -0.15) is 5.26 Å². The van der Waals surface area contributed by atoms with Crippen LogP contribution in [0.15, 0.2) is 29.4 Å². The zero-order valence-corrected chi connectivity index (χ0v) is 13.3. The molecule has 2 rings (SSSR count). The van der Waals surface area contributed by atoms with Gasteiger partial charge in [0.05, 0.1) is 5.69 Å². The predicted molar refractivity (Wildman–Crippen MR) is 86.0 cm³/mol. The number of halogens is 1. The van der Waals surface area contributed by atoms with Crippen molar-refractivity contribution in [3.8, 4) is 6.07 Å². The maximum Gasteiger partial charge on any atom is 0.190 e. The Hall–Kier alpha value is -2.13. The third-order valence-electron chi connectivity index (χ3n) is 3.25. The highest BCUT2D eigenvalue weighted by atomic mass is 32.2. The molecular formula is C16H17FN4S.